The van der Waals surface area contributed by atoms with Crippen molar-refractivity contribution >= 4 is 33.6 Å². The molecule has 6 nitrogen and oxygen atoms in total. The van der Waals surface area contributed by atoms with Crippen molar-refractivity contribution < 1.29 is 22.7 Å². The van der Waals surface area contributed by atoms with E-state index < -0.39 is 15.9 Å². The molecule has 0 aliphatic carbocycles. The van der Waals surface area contributed by atoms with Gasteiger partial charge in [-0.05, 0) is 30.2 Å². The highest BCUT2D eigenvalue weighted by Gasteiger charge is 2.17. The van der Waals surface area contributed by atoms with E-state index in [1.165, 1.54) is 6.08 Å². The number of unbranched alkanes of at least 4 members (excludes halogenated alkanes) is 1. The molecule has 0 aromatic heterocycles. The first kappa shape index (κ1) is 16.6. The fourth-order valence-electron chi connectivity index (χ4n) is 1.83. The lowest BCUT2D eigenvalue weighted by Crippen LogP contribution is -2.31. The number of amides is 1. The Morgan fingerprint density at radius 3 is 2.91 bits per heavy atom. The zero-order valence-electron chi connectivity index (χ0n) is 12.0. The second-order valence-corrected chi connectivity index (χ2v) is 6.96. The summed E-state index contributed by atoms with van der Waals surface area (Å²) in [4.78, 5) is 11.6. The van der Waals surface area contributed by atoms with Gasteiger partial charge in [0.1, 0.15) is 0 Å². The Balaban J connectivity index is 2.03. The molecule has 0 atom stereocenters. The smallest absolute Gasteiger partial charge is 0.257 e. The molecule has 1 aliphatic rings. The van der Waals surface area contributed by atoms with E-state index in [0.717, 1.165) is 12.5 Å². The number of rotatable bonds is 6. The molecule has 120 valence electrons. The lowest BCUT2D eigenvalue weighted by atomic mass is 10.2. The third kappa shape index (κ3) is 4.38. The molecule has 1 heterocycles. The first-order chi connectivity index (χ1) is 10.4. The van der Waals surface area contributed by atoms with Crippen molar-refractivity contribution in [3.05, 3.63) is 28.8 Å². The van der Waals surface area contributed by atoms with Gasteiger partial charge in [0.25, 0.3) is 5.91 Å². The van der Waals surface area contributed by atoms with Gasteiger partial charge in [0.2, 0.25) is 16.8 Å². The van der Waals surface area contributed by atoms with E-state index in [0.29, 0.717) is 28.5 Å². The Bertz CT molecular complexity index is 699. The summed E-state index contributed by atoms with van der Waals surface area (Å²) in [5.41, 5.74) is 0.607. The molecule has 1 aromatic carbocycles. The Morgan fingerprint density at radius 1 is 1.41 bits per heavy atom. The third-order valence-electron chi connectivity index (χ3n) is 2.90. The fraction of sp³-hybridized carbons (Fsp3) is 0.357. The summed E-state index contributed by atoms with van der Waals surface area (Å²) in [6.45, 7) is 1.97. The highest BCUT2D eigenvalue weighted by Crippen LogP contribution is 2.39. The quantitative estimate of drug-likeness (QED) is 0.800. The summed E-state index contributed by atoms with van der Waals surface area (Å²) >= 11 is 6.02. The number of hydrogen-bond donors (Lipinski definition) is 1. The van der Waals surface area contributed by atoms with Crippen LogP contribution < -0.4 is 14.2 Å². The number of carbonyl (C=O) groups is 1. The molecule has 0 fully saturated rings. The molecular weight excluding hydrogens is 330 g/mol. The summed E-state index contributed by atoms with van der Waals surface area (Å²) in [6.07, 6.45) is 3.83. The number of carbonyl (C=O) groups excluding carboxylic acids is 1. The molecule has 0 radical (unpaired) electrons. The molecular formula is C14H16ClNO5S. The zero-order valence-corrected chi connectivity index (χ0v) is 13.5. The predicted octanol–water partition coefficient (Wildman–Crippen LogP) is 2.33. The standard InChI is InChI=1S/C14H16ClNO5S/c1-2-3-6-22(18,19)16-13(17)5-4-10-7-11(15)14-12(8-10)20-9-21-14/h4-5,7-8H,2-3,6,9H2,1H3,(H,16,17)/b5-4+. The van der Waals surface area contributed by atoms with Crippen LogP contribution in [0.15, 0.2) is 18.2 Å². The highest BCUT2D eigenvalue weighted by molar-refractivity contribution is 7.90. The van der Waals surface area contributed by atoms with Crippen LogP contribution in [0.1, 0.15) is 25.3 Å². The van der Waals surface area contributed by atoms with Gasteiger partial charge in [-0.25, -0.2) is 13.1 Å². The maximum absolute atomic E-state index is 11.6. The molecule has 2 rings (SSSR count). The van der Waals surface area contributed by atoms with Gasteiger partial charge in [0, 0.05) is 6.08 Å². The molecule has 0 spiro atoms. The minimum absolute atomic E-state index is 0.0705. The average Bonchev–Trinajstić information content (AvgIpc) is 2.91. The Kier molecular flexibility index (Phi) is 5.31. The largest absolute Gasteiger partial charge is 0.454 e. The highest BCUT2D eigenvalue weighted by atomic mass is 35.5. The monoisotopic (exact) mass is 345 g/mol. The molecule has 1 amide bonds. The number of fused-ring (bicyclic) bond motifs is 1. The van der Waals surface area contributed by atoms with Gasteiger partial charge < -0.3 is 9.47 Å². The minimum atomic E-state index is -3.59. The van der Waals surface area contributed by atoms with Crippen molar-refractivity contribution in [1.29, 1.82) is 0 Å². The lowest BCUT2D eigenvalue weighted by molar-refractivity contribution is -0.114. The number of nitrogens with one attached hydrogen (secondary N) is 1. The van der Waals surface area contributed by atoms with Crippen molar-refractivity contribution in [1.82, 2.24) is 4.72 Å². The van der Waals surface area contributed by atoms with Gasteiger partial charge in [0.15, 0.2) is 11.5 Å². The molecule has 8 heteroatoms. The molecule has 0 unspecified atom stereocenters. The van der Waals surface area contributed by atoms with Gasteiger partial charge in [0.05, 0.1) is 10.8 Å². The van der Waals surface area contributed by atoms with E-state index in [1.807, 2.05) is 11.6 Å². The summed E-state index contributed by atoms with van der Waals surface area (Å²) < 4.78 is 35.6. The normalized spacial score (nSPS) is 13.5. The summed E-state index contributed by atoms with van der Waals surface area (Å²) in [5.74, 6) is 0.178. The topological polar surface area (TPSA) is 81.7 Å². The van der Waals surface area contributed by atoms with Gasteiger partial charge in [-0.1, -0.05) is 24.9 Å². The molecule has 0 bridgehead atoms. The lowest BCUT2D eigenvalue weighted by Gasteiger charge is -2.03. The van der Waals surface area contributed by atoms with Crippen LogP contribution in [-0.2, 0) is 14.8 Å². The van der Waals surface area contributed by atoms with E-state index in [1.54, 1.807) is 12.1 Å². The molecule has 1 aromatic rings. The fourth-order valence-corrected chi connectivity index (χ4v) is 3.25. The number of ether oxygens (including phenoxy) is 2. The van der Waals surface area contributed by atoms with Crippen molar-refractivity contribution in [3.63, 3.8) is 0 Å². The average molecular weight is 346 g/mol. The van der Waals surface area contributed by atoms with E-state index >= 15 is 0 Å². The minimum Gasteiger partial charge on any atom is -0.454 e. The summed E-state index contributed by atoms with van der Waals surface area (Å²) in [5, 5.41) is 0.366. The summed E-state index contributed by atoms with van der Waals surface area (Å²) in [6, 6.07) is 3.26. The van der Waals surface area contributed by atoms with Crippen LogP contribution in [0.4, 0.5) is 0 Å². The second kappa shape index (κ2) is 7.02. The van der Waals surface area contributed by atoms with Gasteiger partial charge in [-0.15, -0.1) is 0 Å². The first-order valence-electron chi connectivity index (χ1n) is 6.73. The van der Waals surface area contributed by atoms with Crippen LogP contribution in [0.2, 0.25) is 5.02 Å². The Morgan fingerprint density at radius 2 is 2.18 bits per heavy atom. The Labute approximate surface area is 134 Å². The molecule has 0 saturated carbocycles. The van der Waals surface area contributed by atoms with Gasteiger partial charge in [-0.3, -0.25) is 4.79 Å². The third-order valence-corrected chi connectivity index (χ3v) is 4.52. The first-order valence-corrected chi connectivity index (χ1v) is 8.76. The van der Waals surface area contributed by atoms with E-state index in [2.05, 4.69) is 0 Å². The molecule has 0 saturated heterocycles. The molecule has 1 aliphatic heterocycles. The second-order valence-electron chi connectivity index (χ2n) is 4.71. The maximum Gasteiger partial charge on any atom is 0.257 e. The van der Waals surface area contributed by atoms with E-state index in [4.69, 9.17) is 21.1 Å². The number of sulfonamides is 1. The Hall–Kier alpha value is -1.73. The molecule has 1 N–H and O–H groups in total. The van der Waals surface area contributed by atoms with Crippen molar-refractivity contribution in [2.75, 3.05) is 12.5 Å². The molecule has 22 heavy (non-hydrogen) atoms. The van der Waals surface area contributed by atoms with Crippen LogP contribution in [0.3, 0.4) is 0 Å². The van der Waals surface area contributed by atoms with E-state index in [9.17, 15) is 13.2 Å². The van der Waals surface area contributed by atoms with Crippen LogP contribution in [0, 0.1) is 0 Å². The predicted molar refractivity (Wildman–Crippen MR) is 83.4 cm³/mol. The van der Waals surface area contributed by atoms with Crippen molar-refractivity contribution in [2.24, 2.45) is 0 Å². The van der Waals surface area contributed by atoms with Gasteiger partial charge >= 0.3 is 0 Å². The zero-order chi connectivity index (χ0) is 16.2. The van der Waals surface area contributed by atoms with E-state index in [-0.39, 0.29) is 12.5 Å². The van der Waals surface area contributed by atoms with Crippen LogP contribution >= 0.6 is 11.6 Å². The maximum atomic E-state index is 11.6. The number of benzene rings is 1. The van der Waals surface area contributed by atoms with Crippen molar-refractivity contribution in [3.8, 4) is 11.5 Å². The SMILES string of the molecule is CCCCS(=O)(=O)NC(=O)/C=C/c1cc(Cl)c2c(c1)OCO2. The number of halogens is 1. The van der Waals surface area contributed by atoms with Crippen molar-refractivity contribution in [2.45, 2.75) is 19.8 Å². The number of hydrogen-bond acceptors (Lipinski definition) is 5. The van der Waals surface area contributed by atoms with Crippen LogP contribution in [0.5, 0.6) is 11.5 Å². The van der Waals surface area contributed by atoms with Gasteiger partial charge in [-0.2, -0.15) is 0 Å². The summed E-state index contributed by atoms with van der Waals surface area (Å²) in [7, 11) is -3.59. The van der Waals surface area contributed by atoms with Crippen LogP contribution in [-0.4, -0.2) is 26.9 Å². The van der Waals surface area contributed by atoms with Crippen LogP contribution in [0.25, 0.3) is 6.08 Å².